The summed E-state index contributed by atoms with van der Waals surface area (Å²) in [6.45, 7) is 2.43. The SMILES string of the molecule is COc1cc2c(N3CCCCC3)nc(Cl)nc2cc1OCc1ccccc1. The molecular weight excluding hydrogens is 362 g/mol. The Morgan fingerprint density at radius 2 is 1.78 bits per heavy atom. The van der Waals surface area contributed by atoms with Gasteiger partial charge in [-0.2, -0.15) is 4.98 Å². The van der Waals surface area contributed by atoms with E-state index in [1.807, 2.05) is 42.5 Å². The molecule has 1 fully saturated rings. The molecule has 2 aromatic carbocycles. The first-order valence-electron chi connectivity index (χ1n) is 9.21. The van der Waals surface area contributed by atoms with E-state index < -0.39 is 0 Å². The monoisotopic (exact) mass is 383 g/mol. The van der Waals surface area contributed by atoms with E-state index in [0.717, 1.165) is 35.4 Å². The summed E-state index contributed by atoms with van der Waals surface area (Å²) in [5.41, 5.74) is 1.86. The zero-order chi connectivity index (χ0) is 18.6. The average molecular weight is 384 g/mol. The lowest BCUT2D eigenvalue weighted by Crippen LogP contribution is -2.30. The lowest BCUT2D eigenvalue weighted by atomic mass is 10.1. The van der Waals surface area contributed by atoms with E-state index >= 15 is 0 Å². The Labute approximate surface area is 163 Å². The van der Waals surface area contributed by atoms with Crippen LogP contribution in [0, 0.1) is 0 Å². The van der Waals surface area contributed by atoms with Crippen LogP contribution < -0.4 is 14.4 Å². The second kappa shape index (κ2) is 8.01. The Kier molecular flexibility index (Phi) is 5.30. The number of ether oxygens (including phenoxy) is 2. The van der Waals surface area contributed by atoms with Gasteiger partial charge in [0.05, 0.1) is 12.6 Å². The minimum atomic E-state index is 0.252. The van der Waals surface area contributed by atoms with Crippen molar-refractivity contribution < 1.29 is 9.47 Å². The molecule has 6 heteroatoms. The summed E-state index contributed by atoms with van der Waals surface area (Å²) in [5.74, 6) is 2.19. The number of anilines is 1. The van der Waals surface area contributed by atoms with Gasteiger partial charge < -0.3 is 14.4 Å². The average Bonchev–Trinajstić information content (AvgIpc) is 2.72. The van der Waals surface area contributed by atoms with Gasteiger partial charge >= 0.3 is 0 Å². The van der Waals surface area contributed by atoms with Crippen LogP contribution in [0.15, 0.2) is 42.5 Å². The molecule has 2 heterocycles. The van der Waals surface area contributed by atoms with Crippen molar-refractivity contribution >= 4 is 28.3 Å². The van der Waals surface area contributed by atoms with E-state index in [0.29, 0.717) is 18.1 Å². The minimum Gasteiger partial charge on any atom is -0.493 e. The number of piperidine rings is 1. The van der Waals surface area contributed by atoms with Crippen molar-refractivity contribution in [1.29, 1.82) is 0 Å². The van der Waals surface area contributed by atoms with E-state index in [9.17, 15) is 0 Å². The van der Waals surface area contributed by atoms with Crippen molar-refractivity contribution in [1.82, 2.24) is 9.97 Å². The van der Waals surface area contributed by atoms with Crippen molar-refractivity contribution in [2.45, 2.75) is 25.9 Å². The van der Waals surface area contributed by atoms with Gasteiger partial charge in [-0.1, -0.05) is 30.3 Å². The number of fused-ring (bicyclic) bond motifs is 1. The predicted molar refractivity (Wildman–Crippen MR) is 108 cm³/mol. The fourth-order valence-corrected chi connectivity index (χ4v) is 3.62. The number of hydrogen-bond donors (Lipinski definition) is 0. The zero-order valence-electron chi connectivity index (χ0n) is 15.3. The molecule has 0 spiro atoms. The van der Waals surface area contributed by atoms with Gasteiger partial charge in [0.15, 0.2) is 11.5 Å². The highest BCUT2D eigenvalue weighted by molar-refractivity contribution is 6.28. The molecule has 1 aromatic heterocycles. The van der Waals surface area contributed by atoms with Crippen molar-refractivity contribution in [3.8, 4) is 11.5 Å². The molecule has 4 rings (SSSR count). The molecule has 0 radical (unpaired) electrons. The van der Waals surface area contributed by atoms with E-state index in [1.54, 1.807) is 7.11 Å². The number of methoxy groups -OCH3 is 1. The highest BCUT2D eigenvalue weighted by atomic mass is 35.5. The van der Waals surface area contributed by atoms with Crippen molar-refractivity contribution in [2.24, 2.45) is 0 Å². The molecule has 0 amide bonds. The van der Waals surface area contributed by atoms with Crippen LogP contribution in [-0.2, 0) is 6.61 Å². The lowest BCUT2D eigenvalue weighted by Gasteiger charge is -2.28. The first kappa shape index (κ1) is 17.9. The third-order valence-electron chi connectivity index (χ3n) is 4.83. The minimum absolute atomic E-state index is 0.252. The van der Waals surface area contributed by atoms with Gasteiger partial charge in [0.25, 0.3) is 0 Å². The Hall–Kier alpha value is -2.53. The van der Waals surface area contributed by atoms with E-state index in [2.05, 4.69) is 14.9 Å². The largest absolute Gasteiger partial charge is 0.493 e. The molecule has 1 aliphatic rings. The normalized spacial score (nSPS) is 14.4. The van der Waals surface area contributed by atoms with Gasteiger partial charge in [0, 0.05) is 24.5 Å². The molecule has 5 nitrogen and oxygen atoms in total. The van der Waals surface area contributed by atoms with Crippen LogP contribution in [0.4, 0.5) is 5.82 Å². The number of nitrogens with zero attached hydrogens (tertiary/aromatic N) is 3. The van der Waals surface area contributed by atoms with Gasteiger partial charge in [-0.15, -0.1) is 0 Å². The summed E-state index contributed by atoms with van der Waals surface area (Å²) >= 11 is 6.22. The summed E-state index contributed by atoms with van der Waals surface area (Å²) in [4.78, 5) is 11.2. The van der Waals surface area contributed by atoms with E-state index in [1.165, 1.54) is 19.3 Å². The van der Waals surface area contributed by atoms with Gasteiger partial charge in [0.1, 0.15) is 12.4 Å². The second-order valence-electron chi connectivity index (χ2n) is 6.66. The molecule has 0 saturated carbocycles. The Balaban J connectivity index is 1.71. The van der Waals surface area contributed by atoms with Crippen molar-refractivity contribution in [2.75, 3.05) is 25.1 Å². The Bertz CT molecular complexity index is 928. The van der Waals surface area contributed by atoms with Crippen LogP contribution in [-0.4, -0.2) is 30.2 Å². The molecule has 0 N–H and O–H groups in total. The maximum Gasteiger partial charge on any atom is 0.224 e. The van der Waals surface area contributed by atoms with Gasteiger partial charge in [0.2, 0.25) is 5.28 Å². The first-order valence-corrected chi connectivity index (χ1v) is 9.59. The second-order valence-corrected chi connectivity index (χ2v) is 7.00. The molecular formula is C21H22ClN3O2. The Morgan fingerprint density at radius 1 is 1.00 bits per heavy atom. The van der Waals surface area contributed by atoms with E-state index in [4.69, 9.17) is 21.1 Å². The molecule has 1 aliphatic heterocycles. The molecule has 0 unspecified atom stereocenters. The maximum absolute atomic E-state index is 6.22. The molecule has 1 saturated heterocycles. The Morgan fingerprint density at radius 3 is 2.52 bits per heavy atom. The topological polar surface area (TPSA) is 47.5 Å². The quantitative estimate of drug-likeness (QED) is 0.589. The van der Waals surface area contributed by atoms with Gasteiger partial charge in [-0.3, -0.25) is 0 Å². The third kappa shape index (κ3) is 3.93. The van der Waals surface area contributed by atoms with Crippen LogP contribution in [0.2, 0.25) is 5.28 Å². The number of halogens is 1. The summed E-state index contributed by atoms with van der Waals surface area (Å²) in [6, 6.07) is 13.9. The zero-order valence-corrected chi connectivity index (χ0v) is 16.1. The maximum atomic E-state index is 6.22. The van der Waals surface area contributed by atoms with Gasteiger partial charge in [-0.25, -0.2) is 4.98 Å². The van der Waals surface area contributed by atoms with Crippen LogP contribution in [0.5, 0.6) is 11.5 Å². The highest BCUT2D eigenvalue weighted by Gasteiger charge is 2.19. The van der Waals surface area contributed by atoms with E-state index in [-0.39, 0.29) is 5.28 Å². The fourth-order valence-electron chi connectivity index (χ4n) is 3.45. The first-order chi connectivity index (χ1) is 13.2. The van der Waals surface area contributed by atoms with Crippen LogP contribution in [0.3, 0.4) is 0 Å². The smallest absolute Gasteiger partial charge is 0.224 e. The number of benzene rings is 2. The van der Waals surface area contributed by atoms with Crippen molar-refractivity contribution in [3.05, 3.63) is 53.3 Å². The summed E-state index contributed by atoms with van der Waals surface area (Å²) in [6.07, 6.45) is 3.59. The van der Waals surface area contributed by atoms with Crippen LogP contribution in [0.25, 0.3) is 10.9 Å². The predicted octanol–water partition coefficient (Wildman–Crippen LogP) is 4.86. The summed E-state index contributed by atoms with van der Waals surface area (Å²) in [7, 11) is 1.65. The van der Waals surface area contributed by atoms with Crippen molar-refractivity contribution in [3.63, 3.8) is 0 Å². The molecule has 0 atom stereocenters. The van der Waals surface area contributed by atoms with Crippen LogP contribution in [0.1, 0.15) is 24.8 Å². The number of aromatic nitrogens is 2. The highest BCUT2D eigenvalue weighted by Crippen LogP contribution is 2.37. The standard InChI is InChI=1S/C21H22ClN3O2/c1-26-18-12-16-17(13-19(18)27-14-15-8-4-2-5-9-15)23-21(22)24-20(16)25-10-6-3-7-11-25/h2,4-5,8-9,12-13H,3,6-7,10-11,14H2,1H3. The third-order valence-corrected chi connectivity index (χ3v) is 5.00. The summed E-state index contributed by atoms with van der Waals surface area (Å²) < 4.78 is 11.6. The molecule has 27 heavy (non-hydrogen) atoms. The lowest BCUT2D eigenvalue weighted by molar-refractivity contribution is 0.285. The fraction of sp³-hybridized carbons (Fsp3) is 0.333. The van der Waals surface area contributed by atoms with Crippen LogP contribution >= 0.6 is 11.6 Å². The van der Waals surface area contributed by atoms with Gasteiger partial charge in [-0.05, 0) is 42.5 Å². The molecule has 0 bridgehead atoms. The molecule has 3 aromatic rings. The number of hydrogen-bond acceptors (Lipinski definition) is 5. The molecule has 140 valence electrons. The number of rotatable bonds is 5. The summed E-state index contributed by atoms with van der Waals surface area (Å²) in [5, 5.41) is 1.19. The molecule has 0 aliphatic carbocycles.